The van der Waals surface area contributed by atoms with Crippen molar-refractivity contribution in [1.29, 1.82) is 0 Å². The minimum Gasteiger partial charge on any atom is -0.505 e. The van der Waals surface area contributed by atoms with E-state index in [1.807, 2.05) is 0 Å². The van der Waals surface area contributed by atoms with Crippen molar-refractivity contribution in [3.8, 4) is 5.75 Å². The zero-order valence-corrected chi connectivity index (χ0v) is 8.96. The van der Waals surface area contributed by atoms with E-state index < -0.39 is 34.4 Å². The van der Waals surface area contributed by atoms with Crippen LogP contribution >= 0.6 is 11.6 Å². The van der Waals surface area contributed by atoms with E-state index in [2.05, 4.69) is 9.72 Å². The number of halogens is 3. The molecule has 4 nitrogen and oxygen atoms in total. The molecule has 1 heterocycles. The molecule has 1 rings (SSSR count). The summed E-state index contributed by atoms with van der Waals surface area (Å²) in [5.74, 6) is -1.58. The fourth-order valence-electron chi connectivity index (χ4n) is 1.06. The third kappa shape index (κ3) is 2.38. The first-order valence-corrected chi connectivity index (χ1v) is 4.69. The summed E-state index contributed by atoms with van der Waals surface area (Å²) in [6, 6.07) is 0. The third-order valence-electron chi connectivity index (χ3n) is 1.71. The van der Waals surface area contributed by atoms with E-state index in [0.29, 0.717) is 0 Å². The van der Waals surface area contributed by atoms with Gasteiger partial charge in [0.05, 0.1) is 12.8 Å². The van der Waals surface area contributed by atoms with Crippen LogP contribution in [0.3, 0.4) is 0 Å². The van der Waals surface area contributed by atoms with Gasteiger partial charge in [-0.3, -0.25) is 4.98 Å². The molecule has 0 saturated heterocycles. The Kier molecular flexibility index (Phi) is 4.00. The Balaban J connectivity index is 3.31. The van der Waals surface area contributed by atoms with Gasteiger partial charge in [-0.15, -0.1) is 0 Å². The third-order valence-corrected chi connectivity index (χ3v) is 2.10. The monoisotopic (exact) mass is 251 g/mol. The summed E-state index contributed by atoms with van der Waals surface area (Å²) in [4.78, 5) is 14.6. The number of carbonyl (C=O) groups is 1. The van der Waals surface area contributed by atoms with E-state index >= 15 is 0 Å². The quantitative estimate of drug-likeness (QED) is 0.839. The predicted molar refractivity (Wildman–Crippen MR) is 51.8 cm³/mol. The van der Waals surface area contributed by atoms with Gasteiger partial charge in [0.1, 0.15) is 16.3 Å². The van der Waals surface area contributed by atoms with Crippen molar-refractivity contribution in [3.63, 3.8) is 0 Å². The Morgan fingerprint density at radius 1 is 1.69 bits per heavy atom. The lowest BCUT2D eigenvalue weighted by atomic mass is 10.2. The number of hydrogen-bond donors (Lipinski definition) is 1. The van der Waals surface area contributed by atoms with Gasteiger partial charge in [0.2, 0.25) is 0 Å². The lowest BCUT2D eigenvalue weighted by molar-refractivity contribution is 0.0513. The minimum atomic E-state index is -2.97. The highest BCUT2D eigenvalue weighted by Gasteiger charge is 2.26. The van der Waals surface area contributed by atoms with Crippen molar-refractivity contribution in [3.05, 3.63) is 22.5 Å². The molecule has 1 N–H and O–H groups in total. The minimum absolute atomic E-state index is 0.00744. The number of alkyl halides is 2. The topological polar surface area (TPSA) is 59.4 Å². The summed E-state index contributed by atoms with van der Waals surface area (Å²) in [6.45, 7) is 1.53. The van der Waals surface area contributed by atoms with E-state index in [1.54, 1.807) is 0 Å². The molecular weight excluding hydrogens is 244 g/mol. The van der Waals surface area contributed by atoms with Crippen molar-refractivity contribution in [2.45, 2.75) is 13.3 Å². The largest absolute Gasteiger partial charge is 0.505 e. The van der Waals surface area contributed by atoms with E-state index in [0.717, 1.165) is 6.20 Å². The molecule has 0 spiro atoms. The lowest BCUT2D eigenvalue weighted by Gasteiger charge is -2.09. The summed E-state index contributed by atoms with van der Waals surface area (Å²) in [6.07, 6.45) is -2.22. The fraction of sp³-hybridized carbons (Fsp3) is 0.333. The van der Waals surface area contributed by atoms with Gasteiger partial charge in [0.15, 0.2) is 5.75 Å². The molecule has 1 aromatic rings. The smallest absolute Gasteiger partial charge is 0.341 e. The number of carbonyl (C=O) groups excluding carboxylic acids is 1. The van der Waals surface area contributed by atoms with Crippen LogP contribution in [0.25, 0.3) is 0 Å². The maximum atomic E-state index is 12.5. The Hall–Kier alpha value is -1.43. The van der Waals surface area contributed by atoms with Crippen molar-refractivity contribution < 1.29 is 23.4 Å². The number of esters is 1. The van der Waals surface area contributed by atoms with Crippen LogP contribution in [0.5, 0.6) is 5.75 Å². The number of hydrogen-bond acceptors (Lipinski definition) is 4. The van der Waals surface area contributed by atoms with Crippen LogP contribution in [-0.4, -0.2) is 22.7 Å². The van der Waals surface area contributed by atoms with Crippen LogP contribution in [0.4, 0.5) is 8.78 Å². The molecule has 16 heavy (non-hydrogen) atoms. The maximum Gasteiger partial charge on any atom is 0.341 e. The zero-order chi connectivity index (χ0) is 12.3. The molecule has 0 bridgehead atoms. The number of aromatic nitrogens is 1. The molecule has 0 aliphatic heterocycles. The number of aromatic hydroxyl groups is 1. The van der Waals surface area contributed by atoms with Crippen LogP contribution < -0.4 is 0 Å². The average molecular weight is 252 g/mol. The number of pyridine rings is 1. The van der Waals surface area contributed by atoms with Crippen LogP contribution in [0.1, 0.15) is 29.4 Å². The summed E-state index contributed by atoms with van der Waals surface area (Å²) in [5, 5.41) is 8.69. The number of rotatable bonds is 3. The molecule has 0 atom stereocenters. The first kappa shape index (κ1) is 12.6. The second-order valence-corrected chi connectivity index (χ2v) is 3.12. The molecule has 0 aromatic carbocycles. The van der Waals surface area contributed by atoms with E-state index in [9.17, 15) is 18.7 Å². The van der Waals surface area contributed by atoms with Gasteiger partial charge < -0.3 is 9.84 Å². The van der Waals surface area contributed by atoms with Crippen LogP contribution in [0, 0.1) is 0 Å². The highest BCUT2D eigenvalue weighted by Crippen LogP contribution is 2.32. The predicted octanol–water partition coefficient (Wildman–Crippen LogP) is 2.55. The molecule has 0 aliphatic carbocycles. The molecule has 88 valence electrons. The van der Waals surface area contributed by atoms with Crippen LogP contribution in [0.15, 0.2) is 6.20 Å². The summed E-state index contributed by atoms with van der Waals surface area (Å²) in [5.41, 5.74) is -1.40. The lowest BCUT2D eigenvalue weighted by Crippen LogP contribution is -2.11. The molecule has 0 unspecified atom stereocenters. The van der Waals surface area contributed by atoms with Crippen LogP contribution in [0.2, 0.25) is 5.02 Å². The first-order valence-electron chi connectivity index (χ1n) is 4.31. The standard InChI is InChI=1S/C9H8ClF2NO3/c1-2-16-9(15)5-6(10)4(14)3-13-7(5)8(11)12/h3,8,14H,2H2,1H3. The summed E-state index contributed by atoms with van der Waals surface area (Å²) in [7, 11) is 0. The first-order chi connectivity index (χ1) is 7.49. The molecule has 0 amide bonds. The highest BCUT2D eigenvalue weighted by molar-refractivity contribution is 6.35. The van der Waals surface area contributed by atoms with E-state index in [4.69, 9.17) is 11.6 Å². The normalized spacial score (nSPS) is 10.6. The summed E-state index contributed by atoms with van der Waals surface area (Å²) < 4.78 is 29.6. The van der Waals surface area contributed by atoms with Gasteiger partial charge in [0, 0.05) is 0 Å². The molecule has 0 saturated carbocycles. The highest BCUT2D eigenvalue weighted by atomic mass is 35.5. The average Bonchev–Trinajstić information content (AvgIpc) is 2.21. The Bertz CT molecular complexity index is 412. The summed E-state index contributed by atoms with van der Waals surface area (Å²) >= 11 is 5.55. The zero-order valence-electron chi connectivity index (χ0n) is 8.21. The maximum absolute atomic E-state index is 12.5. The van der Waals surface area contributed by atoms with Crippen molar-refractivity contribution in [2.75, 3.05) is 6.61 Å². The number of nitrogens with zero attached hydrogens (tertiary/aromatic N) is 1. The van der Waals surface area contributed by atoms with Crippen molar-refractivity contribution in [2.24, 2.45) is 0 Å². The van der Waals surface area contributed by atoms with Gasteiger partial charge in [-0.1, -0.05) is 11.6 Å². The van der Waals surface area contributed by atoms with Crippen molar-refractivity contribution in [1.82, 2.24) is 4.98 Å². The molecule has 1 aromatic heterocycles. The molecule has 0 radical (unpaired) electrons. The van der Waals surface area contributed by atoms with E-state index in [-0.39, 0.29) is 6.61 Å². The van der Waals surface area contributed by atoms with Gasteiger partial charge in [-0.25, -0.2) is 13.6 Å². The molecule has 7 heteroatoms. The Labute approximate surface area is 94.8 Å². The molecule has 0 aliphatic rings. The molecule has 0 fully saturated rings. The number of ether oxygens (including phenoxy) is 1. The van der Waals surface area contributed by atoms with E-state index in [1.165, 1.54) is 6.92 Å². The Morgan fingerprint density at radius 3 is 2.81 bits per heavy atom. The second kappa shape index (κ2) is 5.07. The van der Waals surface area contributed by atoms with Gasteiger partial charge in [-0.05, 0) is 6.92 Å². The Morgan fingerprint density at radius 2 is 2.31 bits per heavy atom. The SMILES string of the molecule is CCOC(=O)c1c(C(F)F)ncc(O)c1Cl. The van der Waals surface area contributed by atoms with Gasteiger partial charge in [0.25, 0.3) is 6.43 Å². The van der Waals surface area contributed by atoms with Crippen LogP contribution in [-0.2, 0) is 4.74 Å². The molecular formula is C9H8ClF2NO3. The van der Waals surface area contributed by atoms with Gasteiger partial charge >= 0.3 is 5.97 Å². The fourth-order valence-corrected chi connectivity index (χ4v) is 1.28. The second-order valence-electron chi connectivity index (χ2n) is 2.74. The van der Waals surface area contributed by atoms with Gasteiger partial charge in [-0.2, -0.15) is 0 Å². The van der Waals surface area contributed by atoms with Crippen molar-refractivity contribution >= 4 is 17.6 Å².